The molecule has 0 aliphatic carbocycles. The maximum Gasteiger partial charge on any atom is 0.246 e. The molecule has 1 aliphatic heterocycles. The summed E-state index contributed by atoms with van der Waals surface area (Å²) in [6.07, 6.45) is 2.90. The highest BCUT2D eigenvalue weighted by atomic mass is 35.5. The van der Waals surface area contributed by atoms with E-state index in [1.54, 1.807) is 11.2 Å². The predicted molar refractivity (Wildman–Crippen MR) is 115 cm³/mol. The molecule has 0 atom stereocenters. The molecule has 3 aromatic rings. The maximum absolute atomic E-state index is 11.8. The summed E-state index contributed by atoms with van der Waals surface area (Å²) in [7, 11) is 0. The molecule has 1 saturated heterocycles. The number of carbonyl (C=O) groups excluding carboxylic acids is 1. The summed E-state index contributed by atoms with van der Waals surface area (Å²) in [5, 5.41) is 11.1. The van der Waals surface area contributed by atoms with Crippen molar-refractivity contribution < 1.29 is 9.90 Å². The van der Waals surface area contributed by atoms with Gasteiger partial charge in [-0.3, -0.25) is 4.79 Å². The number of halogens is 1. The minimum atomic E-state index is -0.0622. The van der Waals surface area contributed by atoms with Gasteiger partial charge in [0, 0.05) is 42.2 Å². The number of aromatic nitrogens is 2. The Kier molecular flexibility index (Phi) is 5.47. The van der Waals surface area contributed by atoms with Crippen molar-refractivity contribution >= 4 is 34.2 Å². The van der Waals surface area contributed by atoms with Crippen LogP contribution in [-0.2, 0) is 11.4 Å². The van der Waals surface area contributed by atoms with Gasteiger partial charge in [0.05, 0.1) is 12.1 Å². The van der Waals surface area contributed by atoms with Crippen molar-refractivity contribution in [3.8, 4) is 11.1 Å². The third kappa shape index (κ3) is 3.69. The lowest BCUT2D eigenvalue weighted by Crippen LogP contribution is -2.48. The number of aliphatic hydroxyl groups excluding tert-OH is 1. The Labute approximate surface area is 174 Å². The van der Waals surface area contributed by atoms with Gasteiger partial charge in [-0.2, -0.15) is 0 Å². The fourth-order valence-corrected chi connectivity index (χ4v) is 3.98. The molecule has 0 bridgehead atoms. The van der Waals surface area contributed by atoms with Crippen LogP contribution in [0.25, 0.3) is 22.0 Å². The largest absolute Gasteiger partial charge is 0.392 e. The van der Waals surface area contributed by atoms with Gasteiger partial charge in [0.15, 0.2) is 0 Å². The van der Waals surface area contributed by atoms with Gasteiger partial charge >= 0.3 is 0 Å². The van der Waals surface area contributed by atoms with Crippen LogP contribution in [0.4, 0.5) is 5.82 Å². The predicted octanol–water partition coefficient (Wildman–Crippen LogP) is 3.28. The molecule has 7 heteroatoms. The van der Waals surface area contributed by atoms with E-state index >= 15 is 0 Å². The first-order valence-corrected chi connectivity index (χ1v) is 9.80. The Balaban J connectivity index is 1.71. The zero-order valence-electron chi connectivity index (χ0n) is 15.9. The molecular weight excluding hydrogens is 388 g/mol. The van der Waals surface area contributed by atoms with Gasteiger partial charge in [0.2, 0.25) is 5.91 Å². The van der Waals surface area contributed by atoms with Crippen LogP contribution in [0.2, 0.25) is 5.02 Å². The van der Waals surface area contributed by atoms with Crippen LogP contribution >= 0.6 is 11.6 Å². The van der Waals surface area contributed by atoms with Gasteiger partial charge in [-0.15, -0.1) is 0 Å². The summed E-state index contributed by atoms with van der Waals surface area (Å²) in [5.41, 5.74) is 3.31. The highest BCUT2D eigenvalue weighted by molar-refractivity contribution is 6.34. The molecule has 148 valence electrons. The van der Waals surface area contributed by atoms with Crippen LogP contribution in [-0.4, -0.2) is 52.1 Å². The molecule has 1 fully saturated rings. The molecule has 2 heterocycles. The number of nitrogens with zero attached hydrogens (tertiary/aromatic N) is 4. The molecule has 0 unspecified atom stereocenters. The first-order chi connectivity index (χ1) is 14.1. The lowest BCUT2D eigenvalue weighted by molar-refractivity contribution is -0.126. The molecule has 4 rings (SSSR count). The molecule has 2 aromatic carbocycles. The molecule has 6 nitrogen and oxygen atoms in total. The first-order valence-electron chi connectivity index (χ1n) is 9.42. The van der Waals surface area contributed by atoms with Gasteiger partial charge < -0.3 is 14.9 Å². The summed E-state index contributed by atoms with van der Waals surface area (Å²) < 4.78 is 0. The molecule has 1 amide bonds. The third-order valence-corrected chi connectivity index (χ3v) is 5.56. The third-order valence-electron chi connectivity index (χ3n) is 5.25. The summed E-state index contributed by atoms with van der Waals surface area (Å²) >= 11 is 6.64. The topological polar surface area (TPSA) is 69.6 Å². The maximum atomic E-state index is 11.8. The van der Waals surface area contributed by atoms with Gasteiger partial charge in [0.25, 0.3) is 0 Å². The number of hydrogen-bond acceptors (Lipinski definition) is 5. The van der Waals surface area contributed by atoms with Gasteiger partial charge in [-0.05, 0) is 29.3 Å². The molecule has 0 saturated carbocycles. The molecular formula is C22H21ClN4O2. The highest BCUT2D eigenvalue weighted by Crippen LogP contribution is 2.36. The van der Waals surface area contributed by atoms with Crippen LogP contribution in [0.3, 0.4) is 0 Å². The van der Waals surface area contributed by atoms with E-state index in [0.29, 0.717) is 31.2 Å². The fraction of sp³-hybridized carbons (Fsp3) is 0.227. The van der Waals surface area contributed by atoms with Gasteiger partial charge in [-0.25, -0.2) is 9.97 Å². The number of piperazine rings is 1. The van der Waals surface area contributed by atoms with Crippen molar-refractivity contribution in [1.29, 1.82) is 0 Å². The normalized spacial score (nSPS) is 14.3. The van der Waals surface area contributed by atoms with E-state index in [1.807, 2.05) is 36.4 Å². The number of anilines is 1. The molecule has 1 N–H and O–H groups in total. The second kappa shape index (κ2) is 8.19. The van der Waals surface area contributed by atoms with Crippen LogP contribution in [0, 0.1) is 0 Å². The lowest BCUT2D eigenvalue weighted by Gasteiger charge is -2.35. The number of aliphatic hydroxyl groups is 1. The zero-order valence-corrected chi connectivity index (χ0v) is 16.6. The minimum absolute atomic E-state index is 0.0487. The van der Waals surface area contributed by atoms with Gasteiger partial charge in [0.1, 0.15) is 12.1 Å². The summed E-state index contributed by atoms with van der Waals surface area (Å²) in [6.45, 7) is 6.08. The lowest BCUT2D eigenvalue weighted by atomic mass is 9.98. The Bertz CT molecular complexity index is 1080. The van der Waals surface area contributed by atoms with Crippen LogP contribution in [0.1, 0.15) is 5.56 Å². The second-order valence-electron chi connectivity index (χ2n) is 6.88. The van der Waals surface area contributed by atoms with E-state index in [-0.39, 0.29) is 12.5 Å². The van der Waals surface area contributed by atoms with E-state index < -0.39 is 0 Å². The van der Waals surface area contributed by atoms with Crippen LogP contribution in [0.5, 0.6) is 0 Å². The number of rotatable bonds is 4. The Hall–Kier alpha value is -2.96. The molecule has 0 radical (unpaired) electrons. The highest BCUT2D eigenvalue weighted by Gasteiger charge is 2.22. The van der Waals surface area contributed by atoms with Crippen molar-refractivity contribution in [2.75, 3.05) is 31.1 Å². The van der Waals surface area contributed by atoms with E-state index in [2.05, 4.69) is 21.4 Å². The zero-order chi connectivity index (χ0) is 20.4. The first kappa shape index (κ1) is 19.4. The van der Waals surface area contributed by atoms with E-state index in [1.165, 1.54) is 6.08 Å². The Morgan fingerprint density at radius 1 is 1.14 bits per heavy atom. The summed E-state index contributed by atoms with van der Waals surface area (Å²) in [5.74, 6) is 0.761. The van der Waals surface area contributed by atoms with Crippen molar-refractivity contribution in [3.63, 3.8) is 0 Å². The van der Waals surface area contributed by atoms with Gasteiger partial charge in [-0.1, -0.05) is 42.4 Å². The number of carbonyl (C=O) groups is 1. The summed E-state index contributed by atoms with van der Waals surface area (Å²) in [6, 6.07) is 11.5. The smallest absolute Gasteiger partial charge is 0.246 e. The second-order valence-corrected chi connectivity index (χ2v) is 7.29. The van der Waals surface area contributed by atoms with E-state index in [9.17, 15) is 9.90 Å². The number of fused-ring (bicyclic) bond motifs is 1. The Morgan fingerprint density at radius 2 is 1.90 bits per heavy atom. The number of benzene rings is 2. The monoisotopic (exact) mass is 408 g/mol. The molecule has 0 spiro atoms. The quantitative estimate of drug-likeness (QED) is 0.671. The van der Waals surface area contributed by atoms with Crippen LogP contribution < -0.4 is 4.90 Å². The summed E-state index contributed by atoms with van der Waals surface area (Å²) in [4.78, 5) is 24.7. The average Bonchev–Trinajstić information content (AvgIpc) is 2.78. The molecule has 29 heavy (non-hydrogen) atoms. The standard InChI is InChI=1S/C22H21ClN4O2/c1-2-21(29)26-7-9-27(10-8-26)22-18-11-19(23)17(12-20(18)24-14-25-22)16-6-4-3-5-15(16)13-28/h2-6,11-12,14,28H,1,7-10,13H2. The Morgan fingerprint density at radius 3 is 2.62 bits per heavy atom. The number of hydrogen-bond donors (Lipinski definition) is 1. The fourth-order valence-electron chi connectivity index (χ4n) is 3.71. The SMILES string of the molecule is C=CC(=O)N1CCN(c2ncnc3cc(-c4ccccc4CO)c(Cl)cc23)CC1. The molecule has 1 aromatic heterocycles. The van der Waals surface area contributed by atoms with E-state index in [0.717, 1.165) is 33.4 Å². The van der Waals surface area contributed by atoms with Crippen LogP contribution in [0.15, 0.2) is 55.4 Å². The van der Waals surface area contributed by atoms with Crippen molar-refractivity contribution in [2.45, 2.75) is 6.61 Å². The number of amides is 1. The average molecular weight is 409 g/mol. The van der Waals surface area contributed by atoms with E-state index in [4.69, 9.17) is 11.6 Å². The van der Waals surface area contributed by atoms with Crippen molar-refractivity contribution in [2.24, 2.45) is 0 Å². The molecule has 1 aliphatic rings. The van der Waals surface area contributed by atoms with Crippen molar-refractivity contribution in [1.82, 2.24) is 14.9 Å². The minimum Gasteiger partial charge on any atom is -0.392 e. The van der Waals surface area contributed by atoms with Crippen molar-refractivity contribution in [3.05, 3.63) is 66.0 Å².